The molecular formula is C37H43N2+. The summed E-state index contributed by atoms with van der Waals surface area (Å²) in [5.41, 5.74) is 10.2. The number of hydrogen-bond donors (Lipinski definition) is 0. The SMILES string of the molecule is C=C/C(=C\C=C/C)c1cccc(-c2n(-c3c(CC(C)C)cc(-c4ccccc4)cc3CC(C)C)cc[n+]2C)c1. The van der Waals surface area contributed by atoms with Gasteiger partial charge in [0.2, 0.25) is 0 Å². The summed E-state index contributed by atoms with van der Waals surface area (Å²) in [5.74, 6) is 2.27. The minimum atomic E-state index is 0.546. The fourth-order valence-electron chi connectivity index (χ4n) is 5.38. The quantitative estimate of drug-likeness (QED) is 0.147. The standard InChI is InChI=1S/C37H43N2/c1-8-10-15-29(9-2)31-18-14-19-32(24-31)37-38(7)20-21-39(37)36-34(22-27(3)4)25-33(26-35(36)23-28(5)6)30-16-12-11-13-17-30/h8-21,24-28H,2,22-23H2,1,3-7H3/q+1/b10-8-,29-15+. The van der Waals surface area contributed by atoms with Gasteiger partial charge in [0.05, 0.1) is 12.6 Å². The van der Waals surface area contributed by atoms with Gasteiger partial charge in [-0.2, -0.15) is 4.57 Å². The summed E-state index contributed by atoms with van der Waals surface area (Å²) in [4.78, 5) is 0. The van der Waals surface area contributed by atoms with E-state index in [-0.39, 0.29) is 0 Å². The average Bonchev–Trinajstić information content (AvgIpc) is 3.29. The van der Waals surface area contributed by atoms with Crippen LogP contribution < -0.4 is 4.57 Å². The van der Waals surface area contributed by atoms with Crippen LogP contribution in [-0.2, 0) is 19.9 Å². The second-order valence-corrected chi connectivity index (χ2v) is 11.2. The molecule has 0 amide bonds. The van der Waals surface area contributed by atoms with Crippen LogP contribution in [0.3, 0.4) is 0 Å². The zero-order valence-corrected chi connectivity index (χ0v) is 24.5. The lowest BCUT2D eigenvalue weighted by molar-refractivity contribution is -0.659. The van der Waals surface area contributed by atoms with Crippen molar-refractivity contribution in [3.63, 3.8) is 0 Å². The van der Waals surface area contributed by atoms with Gasteiger partial charge in [0.15, 0.2) is 0 Å². The molecule has 39 heavy (non-hydrogen) atoms. The van der Waals surface area contributed by atoms with Crippen molar-refractivity contribution in [3.05, 3.63) is 127 Å². The molecule has 3 aromatic carbocycles. The van der Waals surface area contributed by atoms with Crippen molar-refractivity contribution in [2.75, 3.05) is 0 Å². The van der Waals surface area contributed by atoms with Crippen LogP contribution in [0, 0.1) is 11.8 Å². The van der Waals surface area contributed by atoms with Gasteiger partial charge in [-0.05, 0) is 78.1 Å². The maximum atomic E-state index is 4.06. The highest BCUT2D eigenvalue weighted by Gasteiger charge is 2.26. The summed E-state index contributed by atoms with van der Waals surface area (Å²) in [5, 5.41) is 0. The van der Waals surface area contributed by atoms with Crippen molar-refractivity contribution >= 4 is 5.57 Å². The van der Waals surface area contributed by atoms with Crippen molar-refractivity contribution in [2.24, 2.45) is 18.9 Å². The van der Waals surface area contributed by atoms with E-state index in [1.54, 1.807) is 0 Å². The minimum Gasteiger partial charge on any atom is -0.232 e. The Balaban J connectivity index is 1.96. The van der Waals surface area contributed by atoms with Gasteiger partial charge in [-0.15, -0.1) is 0 Å². The predicted octanol–water partition coefficient (Wildman–Crippen LogP) is 9.18. The first kappa shape index (κ1) is 28.1. The van der Waals surface area contributed by atoms with Crippen molar-refractivity contribution in [1.29, 1.82) is 0 Å². The fraction of sp³-hybridized carbons (Fsp3) is 0.270. The maximum absolute atomic E-state index is 4.06. The highest BCUT2D eigenvalue weighted by atomic mass is 15.1. The smallest absolute Gasteiger partial charge is 0.232 e. The van der Waals surface area contributed by atoms with E-state index in [4.69, 9.17) is 0 Å². The lowest BCUT2D eigenvalue weighted by atomic mass is 9.90. The lowest BCUT2D eigenvalue weighted by Crippen LogP contribution is -2.29. The van der Waals surface area contributed by atoms with Gasteiger partial charge in [-0.3, -0.25) is 0 Å². The van der Waals surface area contributed by atoms with Crippen molar-refractivity contribution in [2.45, 2.75) is 47.5 Å². The molecule has 4 aromatic rings. The highest BCUT2D eigenvalue weighted by Crippen LogP contribution is 2.34. The van der Waals surface area contributed by atoms with Gasteiger partial charge in [0.25, 0.3) is 5.82 Å². The molecule has 0 spiro atoms. The molecule has 1 aromatic heterocycles. The van der Waals surface area contributed by atoms with Crippen molar-refractivity contribution in [1.82, 2.24) is 4.57 Å². The van der Waals surface area contributed by atoms with Crippen LogP contribution in [0.25, 0.3) is 33.8 Å². The number of imidazole rings is 1. The number of benzene rings is 3. The molecule has 0 bridgehead atoms. The summed E-state index contributed by atoms with van der Waals surface area (Å²) in [6, 6.07) is 24.5. The third-order valence-corrected chi connectivity index (χ3v) is 7.02. The molecule has 0 saturated carbocycles. The first-order valence-corrected chi connectivity index (χ1v) is 14.2. The molecular weight excluding hydrogens is 472 g/mol. The van der Waals surface area contributed by atoms with Gasteiger partial charge in [0.1, 0.15) is 18.1 Å². The summed E-state index contributed by atoms with van der Waals surface area (Å²) < 4.78 is 4.67. The summed E-state index contributed by atoms with van der Waals surface area (Å²) in [7, 11) is 2.14. The molecule has 200 valence electrons. The van der Waals surface area contributed by atoms with E-state index in [1.165, 1.54) is 39.3 Å². The summed E-state index contributed by atoms with van der Waals surface area (Å²) in [6.07, 6.45) is 14.6. The number of aryl methyl sites for hydroxylation is 1. The van der Waals surface area contributed by atoms with Crippen LogP contribution in [0.15, 0.2) is 110 Å². The number of rotatable bonds is 10. The van der Waals surface area contributed by atoms with Gasteiger partial charge in [-0.1, -0.05) is 101 Å². The van der Waals surface area contributed by atoms with Crippen LogP contribution in [0.4, 0.5) is 0 Å². The van der Waals surface area contributed by atoms with Crippen LogP contribution in [0.2, 0.25) is 0 Å². The van der Waals surface area contributed by atoms with E-state index in [2.05, 4.69) is 142 Å². The third-order valence-electron chi connectivity index (χ3n) is 7.02. The highest BCUT2D eigenvalue weighted by molar-refractivity contribution is 5.77. The third kappa shape index (κ3) is 6.57. The molecule has 0 N–H and O–H groups in total. The number of hydrogen-bond acceptors (Lipinski definition) is 0. The topological polar surface area (TPSA) is 8.81 Å². The van der Waals surface area contributed by atoms with Crippen LogP contribution >= 0.6 is 0 Å². The average molecular weight is 516 g/mol. The van der Waals surface area contributed by atoms with E-state index in [9.17, 15) is 0 Å². The Labute approximate surface area is 235 Å². The zero-order chi connectivity index (χ0) is 27.9. The largest absolute Gasteiger partial charge is 0.293 e. The lowest BCUT2D eigenvalue weighted by Gasteiger charge is -2.19. The van der Waals surface area contributed by atoms with Crippen LogP contribution in [0.1, 0.15) is 51.3 Å². The maximum Gasteiger partial charge on any atom is 0.293 e. The van der Waals surface area contributed by atoms with E-state index in [0.29, 0.717) is 11.8 Å². The Kier molecular flexibility index (Phi) is 9.19. The van der Waals surface area contributed by atoms with E-state index in [0.717, 1.165) is 24.0 Å². The Hall–Kier alpha value is -3.91. The summed E-state index contributed by atoms with van der Waals surface area (Å²) >= 11 is 0. The van der Waals surface area contributed by atoms with Gasteiger partial charge < -0.3 is 0 Å². The molecule has 2 nitrogen and oxygen atoms in total. The molecule has 0 aliphatic rings. The number of nitrogens with zero attached hydrogens (tertiary/aromatic N) is 2. The van der Waals surface area contributed by atoms with Gasteiger partial charge >= 0.3 is 0 Å². The Morgan fingerprint density at radius 2 is 1.49 bits per heavy atom. The van der Waals surface area contributed by atoms with Gasteiger partial charge in [-0.25, -0.2) is 4.57 Å². The van der Waals surface area contributed by atoms with Crippen molar-refractivity contribution < 1.29 is 4.57 Å². The van der Waals surface area contributed by atoms with E-state index in [1.807, 2.05) is 19.1 Å². The zero-order valence-electron chi connectivity index (χ0n) is 24.5. The molecule has 0 fully saturated rings. The second-order valence-electron chi connectivity index (χ2n) is 11.2. The molecule has 2 heteroatoms. The van der Waals surface area contributed by atoms with Gasteiger partial charge in [0, 0.05) is 11.1 Å². The molecule has 4 rings (SSSR count). The molecule has 0 aliphatic carbocycles. The molecule has 1 heterocycles. The number of allylic oxidation sites excluding steroid dienone is 5. The monoisotopic (exact) mass is 515 g/mol. The Morgan fingerprint density at radius 1 is 0.846 bits per heavy atom. The first-order valence-electron chi connectivity index (χ1n) is 14.2. The molecule has 0 saturated heterocycles. The molecule has 0 aliphatic heterocycles. The number of aromatic nitrogens is 2. The summed E-state index contributed by atoms with van der Waals surface area (Å²) in [6.45, 7) is 15.4. The second kappa shape index (κ2) is 12.8. The molecule has 0 atom stereocenters. The fourth-order valence-corrected chi connectivity index (χ4v) is 5.38. The Bertz CT molecular complexity index is 1450. The normalized spacial score (nSPS) is 12.2. The van der Waals surface area contributed by atoms with Crippen molar-refractivity contribution in [3.8, 4) is 28.2 Å². The van der Waals surface area contributed by atoms with E-state index < -0.39 is 0 Å². The molecule has 0 radical (unpaired) electrons. The Morgan fingerprint density at radius 3 is 2.08 bits per heavy atom. The predicted molar refractivity (Wildman–Crippen MR) is 168 cm³/mol. The van der Waals surface area contributed by atoms with Crippen LogP contribution in [0.5, 0.6) is 0 Å². The van der Waals surface area contributed by atoms with E-state index >= 15 is 0 Å². The van der Waals surface area contributed by atoms with Crippen LogP contribution in [-0.4, -0.2) is 4.57 Å². The minimum absolute atomic E-state index is 0.546. The first-order chi connectivity index (χ1) is 18.8. The molecule has 0 unspecified atom stereocenters.